The molecule has 0 saturated carbocycles. The molecule has 2 aromatic carbocycles. The van der Waals surface area contributed by atoms with Gasteiger partial charge in [0.1, 0.15) is 5.82 Å². The number of aromatic nitrogens is 2. The largest absolute Gasteiger partial charge is 0.334 e. The van der Waals surface area contributed by atoms with Crippen LogP contribution in [0, 0.1) is 0 Å². The molecule has 3 aromatic rings. The molecule has 4 rings (SSSR count). The van der Waals surface area contributed by atoms with E-state index in [4.69, 9.17) is 0 Å². The van der Waals surface area contributed by atoms with E-state index in [1.165, 1.54) is 0 Å². The van der Waals surface area contributed by atoms with Gasteiger partial charge in [-0.05, 0) is 36.8 Å². The highest BCUT2D eigenvalue weighted by atomic mass is 16.2. The Labute approximate surface area is 164 Å². The molecule has 0 radical (unpaired) electrons. The number of imidazole rings is 1. The van der Waals surface area contributed by atoms with Gasteiger partial charge >= 0.3 is 0 Å². The molecule has 2 heterocycles. The number of aryl methyl sites for hydroxylation is 2. The van der Waals surface area contributed by atoms with E-state index >= 15 is 0 Å². The molecular formula is C22H24N4O2. The lowest BCUT2D eigenvalue weighted by atomic mass is 10.1. The molecule has 1 aromatic heterocycles. The van der Waals surface area contributed by atoms with E-state index in [1.807, 2.05) is 42.5 Å². The van der Waals surface area contributed by atoms with Crippen molar-refractivity contribution in [1.82, 2.24) is 14.5 Å². The maximum atomic E-state index is 12.4. The fraction of sp³-hybridized carbons (Fsp3) is 0.318. The van der Waals surface area contributed by atoms with Gasteiger partial charge in [-0.1, -0.05) is 25.1 Å². The summed E-state index contributed by atoms with van der Waals surface area (Å²) in [4.78, 5) is 31.2. The van der Waals surface area contributed by atoms with E-state index in [-0.39, 0.29) is 18.2 Å². The van der Waals surface area contributed by atoms with Gasteiger partial charge in [-0.2, -0.15) is 0 Å². The molecule has 0 unspecified atom stereocenters. The first kappa shape index (κ1) is 18.2. The van der Waals surface area contributed by atoms with Crippen molar-refractivity contribution in [3.05, 3.63) is 59.4 Å². The molecule has 28 heavy (non-hydrogen) atoms. The number of nitrogens with zero attached hydrogens (tertiary/aromatic N) is 3. The van der Waals surface area contributed by atoms with Crippen LogP contribution in [0.5, 0.6) is 0 Å². The zero-order valence-electron chi connectivity index (χ0n) is 16.2. The lowest BCUT2D eigenvalue weighted by Gasteiger charge is -2.15. The van der Waals surface area contributed by atoms with Crippen LogP contribution in [0.4, 0.5) is 5.69 Å². The Morgan fingerprint density at radius 2 is 2.00 bits per heavy atom. The Balaban J connectivity index is 1.40. The predicted octanol–water partition coefficient (Wildman–Crippen LogP) is 3.60. The first-order valence-electron chi connectivity index (χ1n) is 9.77. The number of hydrogen-bond donors (Lipinski definition) is 1. The van der Waals surface area contributed by atoms with E-state index in [0.29, 0.717) is 13.1 Å². The highest BCUT2D eigenvalue weighted by Crippen LogP contribution is 2.23. The van der Waals surface area contributed by atoms with Crippen LogP contribution in [0.2, 0.25) is 0 Å². The summed E-state index contributed by atoms with van der Waals surface area (Å²) in [7, 11) is 0. The summed E-state index contributed by atoms with van der Waals surface area (Å²) < 4.78 is 2.19. The molecule has 0 saturated heterocycles. The number of fused-ring (bicyclic) bond motifs is 2. The first-order chi connectivity index (χ1) is 13.6. The lowest BCUT2D eigenvalue weighted by molar-refractivity contribution is -0.116. The number of amides is 2. The average molecular weight is 376 g/mol. The molecule has 0 spiro atoms. The summed E-state index contributed by atoms with van der Waals surface area (Å²) >= 11 is 0. The van der Waals surface area contributed by atoms with Crippen molar-refractivity contribution in [2.75, 3.05) is 11.9 Å². The topological polar surface area (TPSA) is 67.2 Å². The average Bonchev–Trinajstić information content (AvgIpc) is 3.23. The maximum absolute atomic E-state index is 12.4. The third-order valence-corrected chi connectivity index (χ3v) is 5.25. The van der Waals surface area contributed by atoms with E-state index in [1.54, 1.807) is 4.90 Å². The molecular weight excluding hydrogens is 352 g/mol. The monoisotopic (exact) mass is 376 g/mol. The van der Waals surface area contributed by atoms with Gasteiger partial charge in [0.2, 0.25) is 5.91 Å². The first-order valence-corrected chi connectivity index (χ1v) is 9.77. The van der Waals surface area contributed by atoms with Gasteiger partial charge in [0, 0.05) is 43.7 Å². The molecule has 0 aliphatic carbocycles. The SMILES string of the molecule is CCc1nc2cc(NC(=O)CCN3Cc4ccccc4C3=O)ccc2n1CC. The molecule has 2 amide bonds. The Morgan fingerprint density at radius 1 is 1.18 bits per heavy atom. The zero-order valence-corrected chi connectivity index (χ0v) is 16.2. The van der Waals surface area contributed by atoms with Gasteiger partial charge in [0.05, 0.1) is 11.0 Å². The van der Waals surface area contributed by atoms with Crippen molar-refractivity contribution in [3.8, 4) is 0 Å². The van der Waals surface area contributed by atoms with Crippen LogP contribution in [0.15, 0.2) is 42.5 Å². The minimum Gasteiger partial charge on any atom is -0.334 e. The smallest absolute Gasteiger partial charge is 0.254 e. The summed E-state index contributed by atoms with van der Waals surface area (Å²) in [5.41, 5.74) is 4.47. The van der Waals surface area contributed by atoms with Gasteiger partial charge in [-0.3, -0.25) is 9.59 Å². The second-order valence-corrected chi connectivity index (χ2v) is 7.01. The van der Waals surface area contributed by atoms with Crippen molar-refractivity contribution >= 4 is 28.5 Å². The number of anilines is 1. The van der Waals surface area contributed by atoms with Gasteiger partial charge in [-0.15, -0.1) is 0 Å². The maximum Gasteiger partial charge on any atom is 0.254 e. The second-order valence-electron chi connectivity index (χ2n) is 7.01. The Kier molecular flexibility index (Phi) is 4.86. The van der Waals surface area contributed by atoms with Crippen molar-refractivity contribution in [2.24, 2.45) is 0 Å². The number of nitrogens with one attached hydrogen (secondary N) is 1. The van der Waals surface area contributed by atoms with Gasteiger partial charge in [0.15, 0.2) is 0 Å². The summed E-state index contributed by atoms with van der Waals surface area (Å²) in [5, 5.41) is 2.93. The highest BCUT2D eigenvalue weighted by molar-refractivity contribution is 5.99. The minimum absolute atomic E-state index is 0.00187. The molecule has 1 aliphatic heterocycles. The Hall–Kier alpha value is -3.15. The number of rotatable bonds is 6. The van der Waals surface area contributed by atoms with Crippen molar-refractivity contribution in [3.63, 3.8) is 0 Å². The molecule has 0 atom stereocenters. The molecule has 6 heteroatoms. The van der Waals surface area contributed by atoms with Crippen LogP contribution in [0.25, 0.3) is 11.0 Å². The molecule has 0 bridgehead atoms. The van der Waals surface area contributed by atoms with Crippen LogP contribution in [-0.2, 0) is 24.3 Å². The Bertz CT molecular complexity index is 1050. The zero-order chi connectivity index (χ0) is 19.7. The lowest BCUT2D eigenvalue weighted by Crippen LogP contribution is -2.28. The van der Waals surface area contributed by atoms with Crippen LogP contribution < -0.4 is 5.32 Å². The van der Waals surface area contributed by atoms with Crippen LogP contribution in [0.1, 0.15) is 42.0 Å². The van der Waals surface area contributed by atoms with Crippen molar-refractivity contribution < 1.29 is 9.59 Å². The molecule has 6 nitrogen and oxygen atoms in total. The summed E-state index contributed by atoms with van der Waals surface area (Å²) in [6, 6.07) is 13.4. The fourth-order valence-electron chi connectivity index (χ4n) is 3.84. The van der Waals surface area contributed by atoms with E-state index in [2.05, 4.69) is 28.7 Å². The van der Waals surface area contributed by atoms with Crippen LogP contribution in [0.3, 0.4) is 0 Å². The van der Waals surface area contributed by atoms with Crippen LogP contribution >= 0.6 is 0 Å². The van der Waals surface area contributed by atoms with Gasteiger partial charge in [0.25, 0.3) is 5.91 Å². The summed E-state index contributed by atoms with van der Waals surface area (Å²) in [6.45, 7) is 6.05. The number of hydrogen-bond acceptors (Lipinski definition) is 3. The standard InChI is InChI=1S/C22H24N4O2/c1-3-20-24-18-13-16(9-10-19(18)26(20)4-2)23-21(27)11-12-25-14-15-7-5-6-8-17(15)22(25)28/h5-10,13H,3-4,11-12,14H2,1-2H3,(H,23,27). The minimum atomic E-state index is -0.103. The van der Waals surface area contributed by atoms with Crippen molar-refractivity contribution in [1.29, 1.82) is 0 Å². The highest BCUT2D eigenvalue weighted by Gasteiger charge is 2.26. The summed E-state index contributed by atoms with van der Waals surface area (Å²) in [5.74, 6) is 0.948. The third-order valence-electron chi connectivity index (χ3n) is 5.25. The Morgan fingerprint density at radius 3 is 2.75 bits per heavy atom. The van der Waals surface area contributed by atoms with E-state index in [9.17, 15) is 9.59 Å². The molecule has 1 N–H and O–H groups in total. The third kappa shape index (κ3) is 3.26. The second kappa shape index (κ2) is 7.46. The van der Waals surface area contributed by atoms with E-state index < -0.39 is 0 Å². The molecule has 144 valence electrons. The predicted molar refractivity (Wildman–Crippen MR) is 109 cm³/mol. The van der Waals surface area contributed by atoms with Crippen molar-refractivity contribution in [2.45, 2.75) is 39.8 Å². The quantitative estimate of drug-likeness (QED) is 0.715. The van der Waals surface area contributed by atoms with Gasteiger partial charge in [-0.25, -0.2) is 4.98 Å². The normalized spacial score (nSPS) is 13.2. The number of carbonyl (C=O) groups is 2. The molecule has 1 aliphatic rings. The number of benzene rings is 2. The fourth-order valence-corrected chi connectivity index (χ4v) is 3.84. The van der Waals surface area contributed by atoms with E-state index in [0.717, 1.165) is 46.6 Å². The number of carbonyl (C=O) groups excluding carboxylic acids is 2. The van der Waals surface area contributed by atoms with Crippen LogP contribution in [-0.4, -0.2) is 32.8 Å². The molecule has 0 fully saturated rings. The van der Waals surface area contributed by atoms with Gasteiger partial charge < -0.3 is 14.8 Å². The summed E-state index contributed by atoms with van der Waals surface area (Å²) in [6.07, 6.45) is 1.14.